The monoisotopic (exact) mass is 281 g/mol. The van der Waals surface area contributed by atoms with Crippen molar-refractivity contribution in [2.24, 2.45) is 11.8 Å². The van der Waals surface area contributed by atoms with Crippen LogP contribution in [0.4, 0.5) is 0 Å². The van der Waals surface area contributed by atoms with Gasteiger partial charge in [0.1, 0.15) is 0 Å². The Kier molecular flexibility index (Phi) is 5.88. The number of hydrogen-bond donors (Lipinski definition) is 1. The molecular formula is C17H35N3. The lowest BCUT2D eigenvalue weighted by Gasteiger charge is -2.46. The number of nitrogens with one attached hydrogen (secondary N) is 1. The molecule has 0 spiro atoms. The van der Waals surface area contributed by atoms with E-state index in [1.807, 2.05) is 0 Å². The highest BCUT2D eigenvalue weighted by molar-refractivity contribution is 4.94. The summed E-state index contributed by atoms with van der Waals surface area (Å²) >= 11 is 0. The molecule has 2 aliphatic rings. The first-order valence-corrected chi connectivity index (χ1v) is 8.58. The summed E-state index contributed by atoms with van der Waals surface area (Å²) < 4.78 is 0. The van der Waals surface area contributed by atoms with E-state index < -0.39 is 0 Å². The molecule has 0 aromatic carbocycles. The van der Waals surface area contributed by atoms with Gasteiger partial charge in [-0.15, -0.1) is 0 Å². The summed E-state index contributed by atoms with van der Waals surface area (Å²) in [4.78, 5) is 4.98. The zero-order valence-corrected chi connectivity index (χ0v) is 14.1. The Balaban J connectivity index is 1.80. The van der Waals surface area contributed by atoms with E-state index in [0.29, 0.717) is 5.54 Å². The number of piperidine rings is 1. The van der Waals surface area contributed by atoms with Gasteiger partial charge in [0.15, 0.2) is 0 Å². The van der Waals surface area contributed by atoms with Crippen LogP contribution in [0, 0.1) is 11.8 Å². The number of likely N-dealkylation sites (tertiary alicyclic amines) is 1. The van der Waals surface area contributed by atoms with Gasteiger partial charge in [-0.3, -0.25) is 0 Å². The average Bonchev–Trinajstić information content (AvgIpc) is 2.38. The maximum absolute atomic E-state index is 3.82. The second kappa shape index (κ2) is 7.24. The molecule has 1 saturated heterocycles. The highest BCUT2D eigenvalue weighted by Crippen LogP contribution is 2.35. The molecule has 0 radical (unpaired) electrons. The van der Waals surface area contributed by atoms with Gasteiger partial charge in [-0.1, -0.05) is 19.8 Å². The molecule has 1 N–H and O–H groups in total. The van der Waals surface area contributed by atoms with Gasteiger partial charge in [-0.2, -0.15) is 0 Å². The molecule has 118 valence electrons. The Morgan fingerprint density at radius 1 is 1.25 bits per heavy atom. The molecule has 3 heteroatoms. The highest BCUT2D eigenvalue weighted by atomic mass is 15.2. The molecular weight excluding hydrogens is 246 g/mol. The third-order valence-electron chi connectivity index (χ3n) is 5.63. The SMILES string of the molecule is CC1CCCC(CNCC2CCCN(C)C2)(N(C)C)C1. The van der Waals surface area contributed by atoms with Crippen molar-refractivity contribution in [1.82, 2.24) is 15.1 Å². The smallest absolute Gasteiger partial charge is 0.0330 e. The molecule has 20 heavy (non-hydrogen) atoms. The Morgan fingerprint density at radius 3 is 2.70 bits per heavy atom. The topological polar surface area (TPSA) is 18.5 Å². The minimum Gasteiger partial charge on any atom is -0.315 e. The normalized spacial score (nSPS) is 36.5. The number of rotatable bonds is 5. The van der Waals surface area contributed by atoms with Crippen LogP contribution in [-0.2, 0) is 0 Å². The third-order valence-corrected chi connectivity index (χ3v) is 5.63. The summed E-state index contributed by atoms with van der Waals surface area (Å²) in [5.41, 5.74) is 0.401. The molecule has 0 bridgehead atoms. The molecule has 1 heterocycles. The van der Waals surface area contributed by atoms with E-state index in [-0.39, 0.29) is 0 Å². The first kappa shape index (κ1) is 16.3. The van der Waals surface area contributed by atoms with Crippen molar-refractivity contribution in [2.45, 2.75) is 51.0 Å². The largest absolute Gasteiger partial charge is 0.315 e. The highest BCUT2D eigenvalue weighted by Gasteiger charge is 2.36. The first-order chi connectivity index (χ1) is 9.52. The van der Waals surface area contributed by atoms with Gasteiger partial charge in [-0.25, -0.2) is 0 Å². The molecule has 0 aromatic rings. The van der Waals surface area contributed by atoms with Gasteiger partial charge in [0.2, 0.25) is 0 Å². The van der Waals surface area contributed by atoms with Crippen molar-refractivity contribution in [1.29, 1.82) is 0 Å². The van der Waals surface area contributed by atoms with E-state index >= 15 is 0 Å². The summed E-state index contributed by atoms with van der Waals surface area (Å²) in [5, 5.41) is 3.82. The van der Waals surface area contributed by atoms with Gasteiger partial charge in [0.05, 0.1) is 0 Å². The van der Waals surface area contributed by atoms with Crippen molar-refractivity contribution >= 4 is 0 Å². The summed E-state index contributed by atoms with van der Waals surface area (Å²) in [5.74, 6) is 1.74. The molecule has 3 unspecified atom stereocenters. The standard InChI is InChI=1S/C17H35N3/c1-15-7-5-9-17(11-15,19(2)3)14-18-12-16-8-6-10-20(4)13-16/h15-16,18H,5-14H2,1-4H3. The molecule has 3 atom stereocenters. The second-order valence-electron chi connectivity index (χ2n) is 7.72. The summed E-state index contributed by atoms with van der Waals surface area (Å²) in [6, 6.07) is 0. The van der Waals surface area contributed by atoms with Crippen LogP contribution in [-0.4, -0.2) is 62.7 Å². The van der Waals surface area contributed by atoms with Crippen molar-refractivity contribution in [3.05, 3.63) is 0 Å². The van der Waals surface area contributed by atoms with Crippen LogP contribution in [0.25, 0.3) is 0 Å². The summed E-state index contributed by atoms with van der Waals surface area (Å²) in [6.07, 6.45) is 8.32. The molecule has 1 aliphatic carbocycles. The minimum absolute atomic E-state index is 0.401. The third kappa shape index (κ3) is 4.19. The number of nitrogens with zero attached hydrogens (tertiary/aromatic N) is 2. The van der Waals surface area contributed by atoms with Crippen LogP contribution in [0.5, 0.6) is 0 Å². The molecule has 3 nitrogen and oxygen atoms in total. The van der Waals surface area contributed by atoms with E-state index in [0.717, 1.165) is 11.8 Å². The predicted molar refractivity (Wildman–Crippen MR) is 87.1 cm³/mol. The predicted octanol–water partition coefficient (Wildman–Crippen LogP) is 2.43. The Labute approximate surface area is 126 Å². The second-order valence-corrected chi connectivity index (χ2v) is 7.72. The molecule has 2 rings (SSSR count). The van der Waals surface area contributed by atoms with Crippen molar-refractivity contribution in [3.63, 3.8) is 0 Å². The van der Waals surface area contributed by atoms with E-state index in [2.05, 4.69) is 43.2 Å². The van der Waals surface area contributed by atoms with Crippen molar-refractivity contribution in [3.8, 4) is 0 Å². The lowest BCUT2D eigenvalue weighted by Crippen LogP contribution is -2.55. The zero-order chi connectivity index (χ0) is 14.6. The quantitative estimate of drug-likeness (QED) is 0.835. The minimum atomic E-state index is 0.401. The lowest BCUT2D eigenvalue weighted by molar-refractivity contribution is 0.0728. The fourth-order valence-electron chi connectivity index (χ4n) is 4.31. The van der Waals surface area contributed by atoms with Gasteiger partial charge in [-0.05, 0) is 71.8 Å². The Morgan fingerprint density at radius 2 is 2.05 bits per heavy atom. The maximum atomic E-state index is 3.82. The van der Waals surface area contributed by atoms with Gasteiger partial charge >= 0.3 is 0 Å². The Hall–Kier alpha value is -0.120. The fraction of sp³-hybridized carbons (Fsp3) is 1.00. The van der Waals surface area contributed by atoms with Crippen LogP contribution >= 0.6 is 0 Å². The number of likely N-dealkylation sites (N-methyl/N-ethyl adjacent to an activating group) is 1. The fourth-order valence-corrected chi connectivity index (χ4v) is 4.31. The van der Waals surface area contributed by atoms with Crippen LogP contribution in [0.2, 0.25) is 0 Å². The summed E-state index contributed by atoms with van der Waals surface area (Å²) in [6.45, 7) is 7.36. The van der Waals surface area contributed by atoms with Crippen molar-refractivity contribution < 1.29 is 0 Å². The van der Waals surface area contributed by atoms with Gasteiger partial charge in [0, 0.05) is 18.6 Å². The van der Waals surface area contributed by atoms with Gasteiger partial charge < -0.3 is 15.1 Å². The van der Waals surface area contributed by atoms with E-state index in [1.165, 1.54) is 64.7 Å². The zero-order valence-electron chi connectivity index (χ0n) is 14.1. The maximum Gasteiger partial charge on any atom is 0.0330 e. The van der Waals surface area contributed by atoms with Crippen LogP contribution in [0.15, 0.2) is 0 Å². The Bertz CT molecular complexity index is 292. The number of hydrogen-bond acceptors (Lipinski definition) is 3. The molecule has 0 amide bonds. The van der Waals surface area contributed by atoms with Crippen molar-refractivity contribution in [2.75, 3.05) is 47.3 Å². The summed E-state index contributed by atoms with van der Waals surface area (Å²) in [7, 11) is 6.80. The average molecular weight is 281 g/mol. The molecule has 2 fully saturated rings. The van der Waals surface area contributed by atoms with Crippen LogP contribution in [0.1, 0.15) is 45.4 Å². The van der Waals surface area contributed by atoms with Crippen LogP contribution in [0.3, 0.4) is 0 Å². The first-order valence-electron chi connectivity index (χ1n) is 8.58. The lowest BCUT2D eigenvalue weighted by atomic mass is 9.75. The molecule has 1 saturated carbocycles. The molecule has 1 aliphatic heterocycles. The van der Waals surface area contributed by atoms with E-state index in [4.69, 9.17) is 0 Å². The van der Waals surface area contributed by atoms with E-state index in [1.54, 1.807) is 0 Å². The van der Waals surface area contributed by atoms with E-state index in [9.17, 15) is 0 Å². The van der Waals surface area contributed by atoms with Gasteiger partial charge in [0.25, 0.3) is 0 Å². The molecule has 0 aromatic heterocycles. The van der Waals surface area contributed by atoms with Crippen LogP contribution < -0.4 is 5.32 Å².